The first-order valence-corrected chi connectivity index (χ1v) is 10.7. The largest absolute Gasteiger partial charge is 0.458 e. The zero-order valence-electron chi connectivity index (χ0n) is 19.4. The van der Waals surface area contributed by atoms with Gasteiger partial charge in [0, 0.05) is 16.7 Å². The summed E-state index contributed by atoms with van der Waals surface area (Å²) >= 11 is 0. The summed E-state index contributed by atoms with van der Waals surface area (Å²) in [5, 5.41) is 9.82. The van der Waals surface area contributed by atoms with Gasteiger partial charge in [-0.1, -0.05) is 31.9 Å². The molecule has 1 aliphatic carbocycles. The van der Waals surface area contributed by atoms with Gasteiger partial charge >= 0.3 is 11.9 Å². The molecule has 2 aromatic carbocycles. The van der Waals surface area contributed by atoms with Gasteiger partial charge in [0.05, 0.1) is 0 Å². The minimum atomic E-state index is -1.32. The maximum Gasteiger partial charge on any atom is 0.338 e. The molecule has 0 amide bonds. The van der Waals surface area contributed by atoms with Crippen molar-refractivity contribution in [2.45, 2.75) is 46.0 Å². The molecule has 2 atom stereocenters. The summed E-state index contributed by atoms with van der Waals surface area (Å²) in [7, 11) is 0. The highest BCUT2D eigenvalue weighted by atomic mass is 19.1. The molecule has 34 heavy (non-hydrogen) atoms. The molecule has 0 saturated heterocycles. The molecule has 3 rings (SSSR count). The highest BCUT2D eigenvalue weighted by molar-refractivity contribution is 5.90. The molecule has 0 bridgehead atoms. The van der Waals surface area contributed by atoms with Crippen LogP contribution in [0.2, 0.25) is 0 Å². The number of hydrogen-bond acceptors (Lipinski definition) is 6. The SMILES string of the molecule is C=C(C)C(=O)Oc1ccc(-c2ccc(OC(O)C(=C)C)c(F)c2)c2c1C(OC(=O)C(=C)C)CC2. The van der Waals surface area contributed by atoms with Crippen molar-refractivity contribution in [3.63, 3.8) is 0 Å². The molecule has 0 saturated carbocycles. The summed E-state index contributed by atoms with van der Waals surface area (Å²) < 4.78 is 31.1. The molecular weight excluding hydrogens is 439 g/mol. The number of carbonyl (C=O) groups is 2. The Morgan fingerprint density at radius 1 is 1.03 bits per heavy atom. The predicted molar refractivity (Wildman–Crippen MR) is 126 cm³/mol. The van der Waals surface area contributed by atoms with Crippen LogP contribution < -0.4 is 9.47 Å². The highest BCUT2D eigenvalue weighted by Gasteiger charge is 2.33. The number of aliphatic hydroxyl groups excluding tert-OH is 1. The van der Waals surface area contributed by atoms with Crippen molar-refractivity contribution in [2.75, 3.05) is 0 Å². The summed E-state index contributed by atoms with van der Waals surface area (Å²) in [5.74, 6) is -1.67. The van der Waals surface area contributed by atoms with Gasteiger partial charge in [-0.3, -0.25) is 0 Å². The quantitative estimate of drug-likeness (QED) is 0.186. The minimum absolute atomic E-state index is 0.115. The third-order valence-corrected chi connectivity index (χ3v) is 5.35. The van der Waals surface area contributed by atoms with E-state index in [1.165, 1.54) is 19.1 Å². The molecule has 1 N–H and O–H groups in total. The monoisotopic (exact) mass is 466 g/mol. The summed E-state index contributed by atoms with van der Waals surface area (Å²) in [6.45, 7) is 15.5. The molecular formula is C27H27FO6. The van der Waals surface area contributed by atoms with Gasteiger partial charge in [-0.05, 0) is 74.1 Å². The van der Waals surface area contributed by atoms with Crippen molar-refractivity contribution in [1.29, 1.82) is 0 Å². The van der Waals surface area contributed by atoms with Gasteiger partial charge in [0.2, 0.25) is 6.29 Å². The lowest BCUT2D eigenvalue weighted by molar-refractivity contribution is -0.144. The number of esters is 2. The molecule has 0 heterocycles. The normalized spacial score (nSPS) is 15.1. The first-order valence-electron chi connectivity index (χ1n) is 10.7. The van der Waals surface area contributed by atoms with Crippen LogP contribution >= 0.6 is 0 Å². The van der Waals surface area contributed by atoms with Crippen LogP contribution in [0.25, 0.3) is 11.1 Å². The lowest BCUT2D eigenvalue weighted by Crippen LogP contribution is -2.16. The standard InChI is InChI=1S/C27H27FO6/c1-14(2)25(29)32-21-10-7-17(13-20(21)28)18-8-11-22(33-26(30)15(3)4)24-19(18)9-12-23(24)34-27(31)16(5)6/h7-8,10-11,13,23,25,29H,1,3,5,9,12H2,2,4,6H3. The summed E-state index contributed by atoms with van der Waals surface area (Å²) in [6, 6.07) is 7.69. The zero-order chi connectivity index (χ0) is 25.2. The lowest BCUT2D eigenvalue weighted by Gasteiger charge is -2.19. The number of ether oxygens (including phenoxy) is 3. The van der Waals surface area contributed by atoms with Gasteiger partial charge < -0.3 is 19.3 Å². The average Bonchev–Trinajstić information content (AvgIpc) is 3.19. The van der Waals surface area contributed by atoms with Gasteiger partial charge in [-0.2, -0.15) is 0 Å². The first-order chi connectivity index (χ1) is 16.0. The Labute approximate surface area is 198 Å². The van der Waals surface area contributed by atoms with Gasteiger partial charge in [-0.25, -0.2) is 14.0 Å². The third kappa shape index (κ3) is 5.26. The highest BCUT2D eigenvalue weighted by Crippen LogP contribution is 2.45. The van der Waals surface area contributed by atoms with Crippen LogP contribution in [-0.4, -0.2) is 23.3 Å². The second-order valence-electron chi connectivity index (χ2n) is 8.35. The fourth-order valence-electron chi connectivity index (χ4n) is 3.56. The predicted octanol–water partition coefficient (Wildman–Crippen LogP) is 5.35. The second kappa shape index (κ2) is 10.1. The second-order valence-corrected chi connectivity index (χ2v) is 8.35. The third-order valence-electron chi connectivity index (χ3n) is 5.35. The molecule has 7 heteroatoms. The molecule has 0 spiro atoms. The van der Waals surface area contributed by atoms with E-state index in [9.17, 15) is 19.1 Å². The van der Waals surface area contributed by atoms with Crippen molar-refractivity contribution in [3.05, 3.63) is 83.7 Å². The van der Waals surface area contributed by atoms with Crippen molar-refractivity contribution >= 4 is 11.9 Å². The van der Waals surface area contributed by atoms with E-state index in [0.29, 0.717) is 35.1 Å². The summed E-state index contributed by atoms with van der Waals surface area (Å²) in [6.07, 6.45) is -0.982. The number of aliphatic hydroxyl groups is 1. The van der Waals surface area contributed by atoms with Gasteiger partial charge in [-0.15, -0.1) is 0 Å². The van der Waals surface area contributed by atoms with Crippen molar-refractivity contribution in [1.82, 2.24) is 0 Å². The van der Waals surface area contributed by atoms with E-state index in [1.807, 2.05) is 0 Å². The van der Waals surface area contributed by atoms with Crippen LogP contribution in [0.4, 0.5) is 4.39 Å². The van der Waals surface area contributed by atoms with Gasteiger partial charge in [0.1, 0.15) is 11.9 Å². The molecule has 0 aliphatic heterocycles. The molecule has 0 radical (unpaired) electrons. The van der Waals surface area contributed by atoms with E-state index < -0.39 is 30.1 Å². The minimum Gasteiger partial charge on any atom is -0.458 e. The topological polar surface area (TPSA) is 82.1 Å². The van der Waals surface area contributed by atoms with E-state index in [2.05, 4.69) is 19.7 Å². The van der Waals surface area contributed by atoms with E-state index in [1.54, 1.807) is 32.0 Å². The van der Waals surface area contributed by atoms with E-state index in [0.717, 1.165) is 5.56 Å². The Balaban J connectivity index is 2.04. The zero-order valence-corrected chi connectivity index (χ0v) is 19.4. The smallest absolute Gasteiger partial charge is 0.338 e. The summed E-state index contributed by atoms with van der Waals surface area (Å²) in [4.78, 5) is 24.4. The Morgan fingerprint density at radius 3 is 2.26 bits per heavy atom. The molecule has 2 aromatic rings. The van der Waals surface area contributed by atoms with Crippen molar-refractivity contribution in [2.24, 2.45) is 0 Å². The number of fused-ring (bicyclic) bond motifs is 1. The van der Waals surface area contributed by atoms with Crippen LogP contribution in [0.5, 0.6) is 11.5 Å². The maximum absolute atomic E-state index is 14.8. The number of rotatable bonds is 8. The van der Waals surface area contributed by atoms with Crippen LogP contribution in [0, 0.1) is 5.82 Å². The Hall–Kier alpha value is -3.71. The Morgan fingerprint density at radius 2 is 1.68 bits per heavy atom. The van der Waals surface area contributed by atoms with Crippen molar-refractivity contribution < 1.29 is 33.3 Å². The Kier molecular flexibility index (Phi) is 7.37. The molecule has 6 nitrogen and oxygen atoms in total. The fourth-order valence-corrected chi connectivity index (χ4v) is 3.56. The molecule has 0 fully saturated rings. The van der Waals surface area contributed by atoms with E-state index in [-0.39, 0.29) is 22.6 Å². The van der Waals surface area contributed by atoms with Gasteiger partial charge in [0.15, 0.2) is 11.6 Å². The Bertz CT molecular complexity index is 1200. The van der Waals surface area contributed by atoms with Crippen LogP contribution in [0.3, 0.4) is 0 Å². The average molecular weight is 467 g/mol. The van der Waals surface area contributed by atoms with E-state index in [4.69, 9.17) is 14.2 Å². The van der Waals surface area contributed by atoms with E-state index >= 15 is 0 Å². The lowest BCUT2D eigenvalue weighted by atomic mass is 9.95. The van der Waals surface area contributed by atoms with Crippen LogP contribution in [-0.2, 0) is 20.7 Å². The number of benzene rings is 2. The number of carbonyl (C=O) groups excluding carboxylic acids is 2. The number of hydrogen-bond donors (Lipinski definition) is 1. The van der Waals surface area contributed by atoms with Crippen LogP contribution in [0.15, 0.2) is 66.8 Å². The summed E-state index contributed by atoms with van der Waals surface area (Å²) in [5.41, 5.74) is 3.40. The molecule has 2 unspecified atom stereocenters. The maximum atomic E-state index is 14.8. The first kappa shape index (κ1) is 24.9. The molecule has 178 valence electrons. The number of halogens is 1. The fraction of sp³-hybridized carbons (Fsp3) is 0.259. The van der Waals surface area contributed by atoms with Crippen LogP contribution in [0.1, 0.15) is 44.4 Å². The van der Waals surface area contributed by atoms with Crippen molar-refractivity contribution in [3.8, 4) is 22.6 Å². The molecule has 1 aliphatic rings. The molecule has 0 aromatic heterocycles. The van der Waals surface area contributed by atoms with Gasteiger partial charge in [0.25, 0.3) is 0 Å².